The van der Waals surface area contributed by atoms with Crippen LogP contribution >= 0.6 is 11.3 Å². The molecule has 1 amide bonds. The van der Waals surface area contributed by atoms with Crippen LogP contribution in [-0.4, -0.2) is 23.7 Å². The van der Waals surface area contributed by atoms with E-state index in [4.69, 9.17) is 5.11 Å². The maximum absolute atomic E-state index is 11.8. The zero-order valence-corrected chi connectivity index (χ0v) is 10.1. The molecule has 0 fully saturated rings. The highest BCUT2D eigenvalue weighted by atomic mass is 32.1. The monoisotopic (exact) mass is 227 g/mol. The first kappa shape index (κ1) is 12.2. The Hall–Kier alpha value is -0.870. The Morgan fingerprint density at radius 1 is 1.60 bits per heavy atom. The molecule has 1 aromatic heterocycles. The molecule has 0 radical (unpaired) electrons. The van der Waals surface area contributed by atoms with E-state index in [0.717, 1.165) is 10.4 Å². The van der Waals surface area contributed by atoms with Crippen molar-refractivity contribution in [3.8, 4) is 0 Å². The largest absolute Gasteiger partial charge is 0.394 e. The van der Waals surface area contributed by atoms with Crippen LogP contribution in [0.5, 0.6) is 0 Å². The molecule has 1 aromatic rings. The number of amides is 1. The summed E-state index contributed by atoms with van der Waals surface area (Å²) in [5, 5.41) is 13.8. The fourth-order valence-electron chi connectivity index (χ4n) is 1.26. The van der Waals surface area contributed by atoms with Crippen LogP contribution in [0.25, 0.3) is 0 Å². The number of carbonyl (C=O) groups excluding carboxylic acids is 1. The molecule has 0 aliphatic carbocycles. The number of aryl methyl sites for hydroxylation is 1. The fraction of sp³-hybridized carbons (Fsp3) is 0.545. The minimum absolute atomic E-state index is 0.0200. The zero-order valence-electron chi connectivity index (χ0n) is 9.28. The topological polar surface area (TPSA) is 49.3 Å². The van der Waals surface area contributed by atoms with E-state index < -0.39 is 0 Å². The summed E-state index contributed by atoms with van der Waals surface area (Å²) in [4.78, 5) is 12.5. The maximum atomic E-state index is 11.8. The molecule has 84 valence electrons. The second-order valence-corrected chi connectivity index (χ2v) is 4.86. The molecule has 15 heavy (non-hydrogen) atoms. The van der Waals surface area contributed by atoms with Gasteiger partial charge in [-0.05, 0) is 29.9 Å². The van der Waals surface area contributed by atoms with Crippen LogP contribution in [0.15, 0.2) is 11.4 Å². The van der Waals surface area contributed by atoms with Gasteiger partial charge in [-0.2, -0.15) is 0 Å². The minimum Gasteiger partial charge on any atom is -0.394 e. The summed E-state index contributed by atoms with van der Waals surface area (Å²) in [5.41, 5.74) is 0.984. The van der Waals surface area contributed by atoms with Gasteiger partial charge in [0.1, 0.15) is 0 Å². The van der Waals surface area contributed by atoms with Gasteiger partial charge in [0, 0.05) is 0 Å². The smallest absolute Gasteiger partial charge is 0.261 e. The van der Waals surface area contributed by atoms with Crippen LogP contribution in [0.2, 0.25) is 0 Å². The highest BCUT2D eigenvalue weighted by Gasteiger charge is 2.17. The zero-order chi connectivity index (χ0) is 11.4. The first-order valence-corrected chi connectivity index (χ1v) is 5.90. The van der Waals surface area contributed by atoms with Crippen molar-refractivity contribution in [1.29, 1.82) is 0 Å². The van der Waals surface area contributed by atoms with Crippen LogP contribution in [0, 0.1) is 12.8 Å². The molecule has 0 aliphatic heterocycles. The Balaban J connectivity index is 2.67. The third-order valence-electron chi connectivity index (χ3n) is 2.39. The van der Waals surface area contributed by atoms with Crippen molar-refractivity contribution < 1.29 is 9.90 Å². The number of carbonyl (C=O) groups is 1. The lowest BCUT2D eigenvalue weighted by Crippen LogP contribution is -2.41. The van der Waals surface area contributed by atoms with Crippen molar-refractivity contribution in [1.82, 2.24) is 5.32 Å². The summed E-state index contributed by atoms with van der Waals surface area (Å²) >= 11 is 1.43. The standard InChI is InChI=1S/C11H17NO2S/c1-7(2)9(6-13)12-11(14)10-8(3)4-5-15-10/h4-5,7,9,13H,6H2,1-3H3,(H,12,14). The molecule has 0 aromatic carbocycles. The number of hydrogen-bond donors (Lipinski definition) is 2. The SMILES string of the molecule is Cc1ccsc1C(=O)NC(CO)C(C)C. The van der Waals surface area contributed by atoms with E-state index in [1.807, 2.05) is 32.2 Å². The molecule has 0 aliphatic rings. The van der Waals surface area contributed by atoms with E-state index >= 15 is 0 Å². The number of thiophene rings is 1. The third kappa shape index (κ3) is 3.04. The quantitative estimate of drug-likeness (QED) is 0.824. The lowest BCUT2D eigenvalue weighted by atomic mass is 10.1. The van der Waals surface area contributed by atoms with E-state index in [1.165, 1.54) is 11.3 Å². The van der Waals surface area contributed by atoms with Crippen molar-refractivity contribution in [3.63, 3.8) is 0 Å². The van der Waals surface area contributed by atoms with Gasteiger partial charge in [0.25, 0.3) is 5.91 Å². The maximum Gasteiger partial charge on any atom is 0.261 e. The molecular weight excluding hydrogens is 210 g/mol. The van der Waals surface area contributed by atoms with Crippen molar-refractivity contribution in [2.24, 2.45) is 5.92 Å². The molecular formula is C11H17NO2S. The number of rotatable bonds is 4. The lowest BCUT2D eigenvalue weighted by molar-refractivity contribution is 0.0900. The van der Waals surface area contributed by atoms with Crippen molar-refractivity contribution in [3.05, 3.63) is 21.9 Å². The summed E-state index contributed by atoms with van der Waals surface area (Å²) in [6.07, 6.45) is 0. The first-order valence-electron chi connectivity index (χ1n) is 5.02. The summed E-state index contributed by atoms with van der Waals surface area (Å²) in [6.45, 7) is 5.84. The third-order valence-corrected chi connectivity index (χ3v) is 3.40. The molecule has 3 nitrogen and oxygen atoms in total. The number of nitrogens with one attached hydrogen (secondary N) is 1. The lowest BCUT2D eigenvalue weighted by Gasteiger charge is -2.19. The normalized spacial score (nSPS) is 12.9. The number of hydrogen-bond acceptors (Lipinski definition) is 3. The van der Waals surface area contributed by atoms with Crippen LogP contribution in [-0.2, 0) is 0 Å². The van der Waals surface area contributed by atoms with Crippen molar-refractivity contribution >= 4 is 17.2 Å². The van der Waals surface area contributed by atoms with Gasteiger partial charge in [0.05, 0.1) is 17.5 Å². The molecule has 2 N–H and O–H groups in total. The molecule has 4 heteroatoms. The van der Waals surface area contributed by atoms with Crippen molar-refractivity contribution in [2.75, 3.05) is 6.61 Å². The molecule has 1 heterocycles. The van der Waals surface area contributed by atoms with E-state index in [-0.39, 0.29) is 24.5 Å². The number of aliphatic hydroxyl groups excluding tert-OH is 1. The predicted molar refractivity (Wildman–Crippen MR) is 62.2 cm³/mol. The highest BCUT2D eigenvalue weighted by molar-refractivity contribution is 7.12. The van der Waals surface area contributed by atoms with Gasteiger partial charge in [-0.25, -0.2) is 0 Å². The summed E-state index contributed by atoms with van der Waals surface area (Å²) < 4.78 is 0. The molecule has 0 saturated heterocycles. The molecule has 1 unspecified atom stereocenters. The van der Waals surface area contributed by atoms with Crippen LogP contribution < -0.4 is 5.32 Å². The van der Waals surface area contributed by atoms with Crippen LogP contribution in [0.4, 0.5) is 0 Å². The van der Waals surface area contributed by atoms with E-state index in [2.05, 4.69) is 5.32 Å². The molecule has 1 atom stereocenters. The Labute approximate surface area is 94.1 Å². The average Bonchev–Trinajstić information content (AvgIpc) is 2.60. The Bertz CT molecular complexity index is 333. The Morgan fingerprint density at radius 2 is 2.27 bits per heavy atom. The molecule has 0 bridgehead atoms. The van der Waals surface area contributed by atoms with E-state index in [1.54, 1.807) is 0 Å². The summed E-state index contributed by atoms with van der Waals surface area (Å²) in [5.74, 6) is 0.148. The first-order chi connectivity index (χ1) is 7.06. The van der Waals surface area contributed by atoms with Gasteiger partial charge in [-0.15, -0.1) is 11.3 Å². The number of aliphatic hydroxyl groups is 1. The average molecular weight is 227 g/mol. The second kappa shape index (κ2) is 5.28. The molecule has 1 rings (SSSR count). The Kier molecular flexibility index (Phi) is 4.29. The minimum atomic E-state index is -0.168. The molecule has 0 saturated carbocycles. The van der Waals surface area contributed by atoms with Gasteiger partial charge < -0.3 is 10.4 Å². The van der Waals surface area contributed by atoms with Crippen molar-refractivity contribution in [2.45, 2.75) is 26.8 Å². The van der Waals surface area contributed by atoms with Gasteiger partial charge >= 0.3 is 0 Å². The summed E-state index contributed by atoms with van der Waals surface area (Å²) in [6, 6.07) is 1.75. The highest BCUT2D eigenvalue weighted by Crippen LogP contribution is 2.15. The van der Waals surface area contributed by atoms with Gasteiger partial charge in [-0.1, -0.05) is 13.8 Å². The van der Waals surface area contributed by atoms with Gasteiger partial charge in [0.15, 0.2) is 0 Å². The van der Waals surface area contributed by atoms with E-state index in [0.29, 0.717) is 0 Å². The summed E-state index contributed by atoms with van der Waals surface area (Å²) in [7, 11) is 0. The van der Waals surface area contributed by atoms with E-state index in [9.17, 15) is 4.79 Å². The van der Waals surface area contributed by atoms with Gasteiger partial charge in [-0.3, -0.25) is 4.79 Å². The van der Waals surface area contributed by atoms with Crippen LogP contribution in [0.1, 0.15) is 29.1 Å². The van der Waals surface area contributed by atoms with Gasteiger partial charge in [0.2, 0.25) is 0 Å². The second-order valence-electron chi connectivity index (χ2n) is 3.94. The Morgan fingerprint density at radius 3 is 2.67 bits per heavy atom. The predicted octanol–water partition coefficient (Wildman–Crippen LogP) is 1.80. The molecule has 0 spiro atoms. The van der Waals surface area contributed by atoms with Crippen LogP contribution in [0.3, 0.4) is 0 Å². The fourth-order valence-corrected chi connectivity index (χ4v) is 2.09.